The lowest BCUT2D eigenvalue weighted by molar-refractivity contribution is -0.143. The highest BCUT2D eigenvalue weighted by Gasteiger charge is 2.19. The fraction of sp³-hybridized carbons (Fsp3) is 0.174. The number of halogens is 1. The summed E-state index contributed by atoms with van der Waals surface area (Å²) in [5.41, 5.74) is 1.72. The van der Waals surface area contributed by atoms with Crippen molar-refractivity contribution < 1.29 is 14.3 Å². The molecule has 28 heavy (non-hydrogen) atoms. The first-order chi connectivity index (χ1) is 13.7. The minimum atomic E-state index is -0.281. The van der Waals surface area contributed by atoms with E-state index in [1.54, 1.807) is 6.92 Å². The maximum absolute atomic E-state index is 12.1. The van der Waals surface area contributed by atoms with Gasteiger partial charge in [-0.2, -0.15) is 0 Å². The van der Waals surface area contributed by atoms with Gasteiger partial charge in [0, 0.05) is 5.02 Å². The van der Waals surface area contributed by atoms with Crippen LogP contribution in [0.2, 0.25) is 5.02 Å². The summed E-state index contributed by atoms with van der Waals surface area (Å²) in [6.45, 7) is 2.14. The molecule has 3 aromatic carbocycles. The van der Waals surface area contributed by atoms with Crippen molar-refractivity contribution in [2.45, 2.75) is 19.4 Å². The van der Waals surface area contributed by atoms with E-state index < -0.39 is 0 Å². The fourth-order valence-electron chi connectivity index (χ4n) is 2.81. The van der Waals surface area contributed by atoms with Gasteiger partial charge < -0.3 is 14.8 Å². The lowest BCUT2D eigenvalue weighted by atomic mass is 10.0. The van der Waals surface area contributed by atoms with Gasteiger partial charge in [-0.3, -0.25) is 4.79 Å². The molecular formula is C23H22ClNO3. The maximum Gasteiger partial charge on any atom is 0.308 e. The van der Waals surface area contributed by atoms with Gasteiger partial charge in [-0.1, -0.05) is 54.1 Å². The van der Waals surface area contributed by atoms with E-state index in [0.29, 0.717) is 17.4 Å². The summed E-state index contributed by atoms with van der Waals surface area (Å²) in [7, 11) is 0. The zero-order valence-electron chi connectivity index (χ0n) is 15.6. The number of ether oxygens (including phenoxy) is 2. The number of anilines is 1. The Kier molecular flexibility index (Phi) is 6.93. The first kappa shape index (κ1) is 19.8. The summed E-state index contributed by atoms with van der Waals surface area (Å²) in [4.78, 5) is 12.1. The van der Waals surface area contributed by atoms with Crippen LogP contribution in [-0.2, 0) is 9.53 Å². The van der Waals surface area contributed by atoms with Gasteiger partial charge >= 0.3 is 5.97 Å². The number of hydrogen-bond acceptors (Lipinski definition) is 4. The molecular weight excluding hydrogens is 374 g/mol. The van der Waals surface area contributed by atoms with Gasteiger partial charge in [0.1, 0.15) is 5.75 Å². The molecule has 0 aliphatic heterocycles. The van der Waals surface area contributed by atoms with Crippen molar-refractivity contribution >= 4 is 23.3 Å². The molecule has 0 bridgehead atoms. The van der Waals surface area contributed by atoms with Crippen molar-refractivity contribution in [3.8, 4) is 11.5 Å². The van der Waals surface area contributed by atoms with Crippen LogP contribution in [0.4, 0.5) is 5.69 Å². The highest BCUT2D eigenvalue weighted by Crippen LogP contribution is 2.33. The average Bonchev–Trinajstić information content (AvgIpc) is 2.70. The van der Waals surface area contributed by atoms with Crippen LogP contribution in [0, 0.1) is 0 Å². The molecule has 0 unspecified atom stereocenters. The van der Waals surface area contributed by atoms with Gasteiger partial charge in [0.05, 0.1) is 24.8 Å². The Balaban J connectivity index is 1.85. The summed E-state index contributed by atoms with van der Waals surface area (Å²) in [6.07, 6.45) is 0.190. The first-order valence-corrected chi connectivity index (χ1v) is 9.53. The number of carbonyl (C=O) groups is 1. The number of para-hydroxylation sites is 3. The molecule has 0 aliphatic carbocycles. The SMILES string of the molecule is CCOC(=O)C[C@H](Nc1ccccc1Oc1ccccc1)c1ccc(Cl)cc1. The molecule has 0 fully saturated rings. The molecule has 0 radical (unpaired) electrons. The second kappa shape index (κ2) is 9.81. The minimum absolute atomic E-state index is 0.190. The van der Waals surface area contributed by atoms with E-state index in [2.05, 4.69) is 5.32 Å². The summed E-state index contributed by atoms with van der Waals surface area (Å²) in [6, 6.07) is 24.3. The third-order valence-corrected chi connectivity index (χ3v) is 4.39. The number of carbonyl (C=O) groups excluding carboxylic acids is 1. The van der Waals surface area contributed by atoms with Gasteiger partial charge in [0.25, 0.3) is 0 Å². The molecule has 1 atom stereocenters. The van der Waals surface area contributed by atoms with Gasteiger partial charge in [0.15, 0.2) is 5.75 Å². The smallest absolute Gasteiger partial charge is 0.308 e. The second-order valence-electron chi connectivity index (χ2n) is 6.17. The summed E-state index contributed by atoms with van der Waals surface area (Å²) in [5, 5.41) is 4.07. The molecule has 0 spiro atoms. The highest BCUT2D eigenvalue weighted by molar-refractivity contribution is 6.30. The Labute approximate surface area is 170 Å². The zero-order valence-corrected chi connectivity index (χ0v) is 16.4. The van der Waals surface area contributed by atoms with Crippen LogP contribution in [-0.4, -0.2) is 12.6 Å². The Bertz CT molecular complexity index is 897. The zero-order chi connectivity index (χ0) is 19.8. The lowest BCUT2D eigenvalue weighted by Crippen LogP contribution is -2.17. The van der Waals surface area contributed by atoms with Crippen molar-refractivity contribution in [2.24, 2.45) is 0 Å². The molecule has 0 amide bonds. The Hall–Kier alpha value is -2.98. The Morgan fingerprint density at radius 1 is 0.964 bits per heavy atom. The summed E-state index contributed by atoms with van der Waals surface area (Å²) >= 11 is 6.02. The van der Waals surface area contributed by atoms with Crippen molar-refractivity contribution in [2.75, 3.05) is 11.9 Å². The third kappa shape index (κ3) is 5.51. The van der Waals surface area contributed by atoms with E-state index >= 15 is 0 Å². The number of rotatable bonds is 8. The third-order valence-electron chi connectivity index (χ3n) is 4.14. The summed E-state index contributed by atoms with van der Waals surface area (Å²) < 4.78 is 11.2. The second-order valence-corrected chi connectivity index (χ2v) is 6.61. The van der Waals surface area contributed by atoms with Gasteiger partial charge in [-0.05, 0) is 48.9 Å². The van der Waals surface area contributed by atoms with Gasteiger partial charge in [0.2, 0.25) is 0 Å². The molecule has 3 aromatic rings. The average molecular weight is 396 g/mol. The van der Waals surface area contributed by atoms with Crippen molar-refractivity contribution in [3.05, 3.63) is 89.4 Å². The van der Waals surface area contributed by atoms with E-state index in [1.165, 1.54) is 0 Å². The predicted molar refractivity (Wildman–Crippen MR) is 112 cm³/mol. The quantitative estimate of drug-likeness (QED) is 0.458. The van der Waals surface area contributed by atoms with Gasteiger partial charge in [-0.15, -0.1) is 0 Å². The number of benzene rings is 3. The molecule has 144 valence electrons. The van der Waals surface area contributed by atoms with E-state index in [-0.39, 0.29) is 18.4 Å². The Morgan fingerprint density at radius 3 is 2.36 bits per heavy atom. The molecule has 0 aromatic heterocycles. The van der Waals surface area contributed by atoms with Crippen LogP contribution in [0.15, 0.2) is 78.9 Å². The van der Waals surface area contributed by atoms with Crippen molar-refractivity contribution in [1.82, 2.24) is 0 Å². The maximum atomic E-state index is 12.1. The van der Waals surface area contributed by atoms with E-state index in [4.69, 9.17) is 21.1 Å². The fourth-order valence-corrected chi connectivity index (χ4v) is 2.94. The standard InChI is InChI=1S/C23H22ClNO3/c1-2-27-23(26)16-21(17-12-14-18(24)15-13-17)25-20-10-6-7-11-22(20)28-19-8-4-3-5-9-19/h3-15,21,25H,2,16H2,1H3/t21-/m0/s1. The van der Waals surface area contributed by atoms with E-state index in [1.807, 2.05) is 78.9 Å². The molecule has 1 N–H and O–H groups in total. The minimum Gasteiger partial charge on any atom is -0.466 e. The Morgan fingerprint density at radius 2 is 1.64 bits per heavy atom. The predicted octanol–water partition coefficient (Wildman–Crippen LogP) is 6.24. The molecule has 5 heteroatoms. The lowest BCUT2D eigenvalue weighted by Gasteiger charge is -2.21. The van der Waals surface area contributed by atoms with Crippen LogP contribution in [0.5, 0.6) is 11.5 Å². The van der Waals surface area contributed by atoms with Crippen LogP contribution in [0.25, 0.3) is 0 Å². The van der Waals surface area contributed by atoms with Crippen LogP contribution >= 0.6 is 11.6 Å². The van der Waals surface area contributed by atoms with E-state index in [0.717, 1.165) is 17.0 Å². The van der Waals surface area contributed by atoms with Crippen LogP contribution in [0.1, 0.15) is 24.9 Å². The van der Waals surface area contributed by atoms with Crippen LogP contribution in [0.3, 0.4) is 0 Å². The number of esters is 1. The topological polar surface area (TPSA) is 47.6 Å². The molecule has 0 saturated heterocycles. The molecule has 4 nitrogen and oxygen atoms in total. The number of nitrogens with one attached hydrogen (secondary N) is 1. The molecule has 0 heterocycles. The molecule has 0 aliphatic rings. The number of hydrogen-bond donors (Lipinski definition) is 1. The first-order valence-electron chi connectivity index (χ1n) is 9.15. The molecule has 0 saturated carbocycles. The van der Waals surface area contributed by atoms with Crippen molar-refractivity contribution in [3.63, 3.8) is 0 Å². The highest BCUT2D eigenvalue weighted by atomic mass is 35.5. The van der Waals surface area contributed by atoms with Crippen LogP contribution < -0.4 is 10.1 Å². The summed E-state index contributed by atoms with van der Waals surface area (Å²) in [5.74, 6) is 1.15. The van der Waals surface area contributed by atoms with Gasteiger partial charge in [-0.25, -0.2) is 0 Å². The van der Waals surface area contributed by atoms with Crippen molar-refractivity contribution in [1.29, 1.82) is 0 Å². The molecule has 3 rings (SSSR count). The largest absolute Gasteiger partial charge is 0.466 e. The monoisotopic (exact) mass is 395 g/mol. The van der Waals surface area contributed by atoms with E-state index in [9.17, 15) is 4.79 Å². The normalized spacial score (nSPS) is 11.5.